The molecule has 1 aromatic heterocycles. The zero-order valence-electron chi connectivity index (χ0n) is 17.8. The summed E-state index contributed by atoms with van der Waals surface area (Å²) in [5.74, 6) is -0.459. The third-order valence-electron chi connectivity index (χ3n) is 4.81. The molecule has 0 spiro atoms. The van der Waals surface area contributed by atoms with Gasteiger partial charge in [-0.2, -0.15) is 0 Å². The Kier molecular flexibility index (Phi) is 7.21. The van der Waals surface area contributed by atoms with Crippen molar-refractivity contribution in [1.82, 2.24) is 0 Å². The average molecular weight is 455 g/mol. The van der Waals surface area contributed by atoms with Crippen LogP contribution in [0.25, 0.3) is 11.1 Å². The lowest BCUT2D eigenvalue weighted by Crippen LogP contribution is -2.21. The first-order valence-electron chi connectivity index (χ1n) is 9.84. The van der Waals surface area contributed by atoms with Crippen LogP contribution in [0.5, 0.6) is 5.75 Å². The molecule has 166 valence electrons. The van der Waals surface area contributed by atoms with Crippen LogP contribution >= 0.6 is 11.3 Å². The number of rotatable bonds is 8. The highest BCUT2D eigenvalue weighted by molar-refractivity contribution is 7.15. The molecule has 0 unspecified atom stereocenters. The third-order valence-corrected chi connectivity index (χ3v) is 5.70. The Hall–Kier alpha value is -3.72. The first kappa shape index (κ1) is 23.0. The van der Waals surface area contributed by atoms with E-state index < -0.39 is 16.8 Å². The van der Waals surface area contributed by atoms with E-state index in [1.54, 1.807) is 24.4 Å². The first-order valence-corrected chi connectivity index (χ1v) is 10.7. The van der Waals surface area contributed by atoms with Crippen molar-refractivity contribution in [2.24, 2.45) is 0 Å². The van der Waals surface area contributed by atoms with E-state index in [0.29, 0.717) is 21.9 Å². The number of ether oxygens (including phenoxy) is 2. The smallest absolute Gasteiger partial charge is 0.341 e. The van der Waals surface area contributed by atoms with Crippen molar-refractivity contribution < 1.29 is 24.0 Å². The number of carbonyl (C=O) groups is 2. The summed E-state index contributed by atoms with van der Waals surface area (Å²) in [4.78, 5) is 35.8. The van der Waals surface area contributed by atoms with Crippen LogP contribution in [0.4, 0.5) is 10.7 Å². The van der Waals surface area contributed by atoms with Gasteiger partial charge in [0.15, 0.2) is 6.61 Å². The highest BCUT2D eigenvalue weighted by Gasteiger charge is 2.24. The van der Waals surface area contributed by atoms with E-state index in [9.17, 15) is 19.7 Å². The molecular formula is C23H22N2O6S. The van der Waals surface area contributed by atoms with Gasteiger partial charge in [0.25, 0.3) is 11.6 Å². The number of nitro benzene ring substituents is 1. The number of hydrogen-bond acceptors (Lipinski definition) is 7. The molecule has 9 heteroatoms. The van der Waals surface area contributed by atoms with Gasteiger partial charge < -0.3 is 14.8 Å². The zero-order valence-corrected chi connectivity index (χ0v) is 18.7. The van der Waals surface area contributed by atoms with Gasteiger partial charge in [-0.25, -0.2) is 4.79 Å². The average Bonchev–Trinajstić information content (AvgIpc) is 3.18. The molecule has 1 heterocycles. The largest absolute Gasteiger partial charge is 0.483 e. The van der Waals surface area contributed by atoms with Crippen molar-refractivity contribution in [2.45, 2.75) is 20.8 Å². The molecule has 2 aromatic carbocycles. The van der Waals surface area contributed by atoms with Gasteiger partial charge in [0.05, 0.1) is 11.5 Å². The van der Waals surface area contributed by atoms with Crippen LogP contribution in [0.15, 0.2) is 47.8 Å². The van der Waals surface area contributed by atoms with Crippen LogP contribution in [-0.4, -0.2) is 30.0 Å². The normalized spacial score (nSPS) is 10.5. The Morgan fingerprint density at radius 2 is 1.91 bits per heavy atom. The topological polar surface area (TPSA) is 108 Å². The van der Waals surface area contributed by atoms with Crippen LogP contribution in [0.1, 0.15) is 28.4 Å². The standard InChI is InChI=1S/C23H22N2O6S/c1-4-30-23(27)21-18(16-8-6-9-17(11-16)25(28)29)13-32-22(21)24-20(26)12-31-19-10-5-7-14(2)15(19)3/h5-11,13H,4,12H2,1-3H3,(H,24,26). The summed E-state index contributed by atoms with van der Waals surface area (Å²) in [6.07, 6.45) is 0. The second-order valence-electron chi connectivity index (χ2n) is 6.92. The molecule has 0 saturated heterocycles. The molecule has 0 aliphatic rings. The molecular weight excluding hydrogens is 432 g/mol. The minimum absolute atomic E-state index is 0.101. The Balaban J connectivity index is 1.85. The highest BCUT2D eigenvalue weighted by Crippen LogP contribution is 2.37. The van der Waals surface area contributed by atoms with E-state index in [0.717, 1.165) is 22.5 Å². The number of nitrogens with one attached hydrogen (secondary N) is 1. The predicted octanol–water partition coefficient (Wildman–Crippen LogP) is 5.13. The van der Waals surface area contributed by atoms with Crippen molar-refractivity contribution in [3.05, 3.63) is 74.6 Å². The van der Waals surface area contributed by atoms with Crippen LogP contribution in [0.3, 0.4) is 0 Å². The lowest BCUT2D eigenvalue weighted by atomic mass is 10.0. The molecule has 8 nitrogen and oxygen atoms in total. The lowest BCUT2D eigenvalue weighted by Gasteiger charge is -2.11. The number of nitro groups is 1. The maximum atomic E-state index is 12.7. The van der Waals surface area contributed by atoms with Gasteiger partial charge >= 0.3 is 5.97 Å². The number of esters is 1. The van der Waals surface area contributed by atoms with Crippen molar-refractivity contribution in [3.63, 3.8) is 0 Å². The molecule has 0 aliphatic carbocycles. The Labute approximate surface area is 188 Å². The van der Waals surface area contributed by atoms with Gasteiger partial charge in [-0.05, 0) is 43.5 Å². The maximum Gasteiger partial charge on any atom is 0.341 e. The van der Waals surface area contributed by atoms with Gasteiger partial charge in [-0.1, -0.05) is 24.3 Å². The van der Waals surface area contributed by atoms with Gasteiger partial charge in [0.2, 0.25) is 0 Å². The number of non-ortho nitro benzene ring substituents is 1. The quantitative estimate of drug-likeness (QED) is 0.287. The summed E-state index contributed by atoms with van der Waals surface area (Å²) in [5, 5.41) is 15.8. The van der Waals surface area contributed by atoms with Gasteiger partial charge in [0.1, 0.15) is 16.3 Å². The number of thiophene rings is 1. The van der Waals surface area contributed by atoms with E-state index >= 15 is 0 Å². The molecule has 0 bridgehead atoms. The van der Waals surface area contributed by atoms with Crippen molar-refractivity contribution in [3.8, 4) is 16.9 Å². The Morgan fingerprint density at radius 1 is 1.16 bits per heavy atom. The second kappa shape index (κ2) is 10.1. The molecule has 0 atom stereocenters. The van der Waals surface area contributed by atoms with Crippen LogP contribution in [0, 0.1) is 24.0 Å². The molecule has 3 aromatic rings. The van der Waals surface area contributed by atoms with Crippen molar-refractivity contribution in [1.29, 1.82) is 0 Å². The van der Waals surface area contributed by atoms with Crippen LogP contribution < -0.4 is 10.1 Å². The van der Waals surface area contributed by atoms with E-state index in [1.165, 1.54) is 18.2 Å². The fraction of sp³-hybridized carbons (Fsp3) is 0.217. The summed E-state index contributed by atoms with van der Waals surface area (Å²) in [7, 11) is 0. The first-order chi connectivity index (χ1) is 15.3. The van der Waals surface area contributed by atoms with Crippen LogP contribution in [0.2, 0.25) is 0 Å². The molecule has 3 rings (SSSR count). The second-order valence-corrected chi connectivity index (χ2v) is 7.80. The molecule has 0 radical (unpaired) electrons. The molecule has 0 fully saturated rings. The summed E-state index contributed by atoms with van der Waals surface area (Å²) in [6, 6.07) is 11.5. The Morgan fingerprint density at radius 3 is 2.62 bits per heavy atom. The van der Waals surface area contributed by atoms with E-state index in [-0.39, 0.29) is 24.5 Å². The molecule has 1 amide bonds. The monoisotopic (exact) mass is 454 g/mol. The predicted molar refractivity (Wildman–Crippen MR) is 122 cm³/mol. The lowest BCUT2D eigenvalue weighted by molar-refractivity contribution is -0.384. The number of carbonyl (C=O) groups excluding carboxylic acids is 2. The molecule has 0 saturated carbocycles. The summed E-state index contributed by atoms with van der Waals surface area (Å²) >= 11 is 1.14. The summed E-state index contributed by atoms with van der Waals surface area (Å²) in [5.41, 5.74) is 2.96. The van der Waals surface area contributed by atoms with Crippen molar-refractivity contribution >= 4 is 33.9 Å². The van der Waals surface area contributed by atoms with Crippen molar-refractivity contribution in [2.75, 3.05) is 18.5 Å². The van der Waals surface area contributed by atoms with Gasteiger partial charge in [-0.3, -0.25) is 14.9 Å². The number of aryl methyl sites for hydroxylation is 1. The fourth-order valence-corrected chi connectivity index (χ4v) is 4.02. The Bertz CT molecular complexity index is 1170. The number of benzene rings is 2. The number of amides is 1. The van der Waals surface area contributed by atoms with Gasteiger partial charge in [0, 0.05) is 23.1 Å². The fourth-order valence-electron chi connectivity index (χ4n) is 3.04. The number of nitrogens with zero attached hydrogens (tertiary/aromatic N) is 1. The molecule has 1 N–H and O–H groups in total. The van der Waals surface area contributed by atoms with Gasteiger partial charge in [-0.15, -0.1) is 11.3 Å². The SMILES string of the molecule is CCOC(=O)c1c(-c2cccc([N+](=O)[O-])c2)csc1NC(=O)COc1cccc(C)c1C. The molecule has 0 aliphatic heterocycles. The van der Waals surface area contributed by atoms with Crippen LogP contribution in [-0.2, 0) is 9.53 Å². The molecule has 32 heavy (non-hydrogen) atoms. The number of anilines is 1. The summed E-state index contributed by atoms with van der Waals surface area (Å²) < 4.78 is 10.8. The van der Waals surface area contributed by atoms with E-state index in [1.807, 2.05) is 26.0 Å². The highest BCUT2D eigenvalue weighted by atomic mass is 32.1. The minimum atomic E-state index is -0.624. The number of hydrogen-bond donors (Lipinski definition) is 1. The maximum absolute atomic E-state index is 12.7. The van der Waals surface area contributed by atoms with E-state index in [4.69, 9.17) is 9.47 Å². The summed E-state index contributed by atoms with van der Waals surface area (Å²) in [6.45, 7) is 5.44. The minimum Gasteiger partial charge on any atom is -0.483 e. The third kappa shape index (κ3) is 5.12. The zero-order chi connectivity index (χ0) is 23.3. The van der Waals surface area contributed by atoms with E-state index in [2.05, 4.69) is 5.32 Å².